The van der Waals surface area contributed by atoms with E-state index in [4.69, 9.17) is 4.74 Å². The number of carboxylic acids is 1. The van der Waals surface area contributed by atoms with Crippen LogP contribution >= 0.6 is 0 Å². The van der Waals surface area contributed by atoms with Crippen LogP contribution in [0.1, 0.15) is 49.1 Å². The lowest BCUT2D eigenvalue weighted by Gasteiger charge is -2.22. The topological polar surface area (TPSA) is 75.6 Å². The quantitative estimate of drug-likeness (QED) is 0.708. The van der Waals surface area contributed by atoms with Crippen molar-refractivity contribution in [2.45, 2.75) is 38.0 Å². The third-order valence-corrected chi connectivity index (χ3v) is 6.36. The number of ether oxygens (including phenoxy) is 1. The fourth-order valence-corrected chi connectivity index (χ4v) is 4.92. The minimum absolute atomic E-state index is 0.0257. The van der Waals surface area contributed by atoms with Gasteiger partial charge in [0.2, 0.25) is 0 Å². The highest BCUT2D eigenvalue weighted by Crippen LogP contribution is 2.44. The van der Waals surface area contributed by atoms with Crippen LogP contribution in [0, 0.1) is 11.8 Å². The van der Waals surface area contributed by atoms with Crippen LogP contribution in [0.25, 0.3) is 11.1 Å². The summed E-state index contributed by atoms with van der Waals surface area (Å²) in [7, 11) is 0. The molecule has 4 rings (SSSR count). The Morgan fingerprint density at radius 3 is 2.17 bits per heavy atom. The van der Waals surface area contributed by atoms with Gasteiger partial charge in [-0.05, 0) is 34.1 Å². The van der Waals surface area contributed by atoms with Crippen LogP contribution in [0.2, 0.25) is 0 Å². The molecule has 2 aromatic carbocycles. The zero-order valence-corrected chi connectivity index (χ0v) is 16.5. The lowest BCUT2D eigenvalue weighted by Crippen LogP contribution is -2.34. The van der Waals surface area contributed by atoms with Crippen LogP contribution < -0.4 is 5.32 Å². The molecule has 29 heavy (non-hydrogen) atoms. The number of benzene rings is 2. The Hall–Kier alpha value is -2.82. The van der Waals surface area contributed by atoms with Gasteiger partial charge in [0.15, 0.2) is 0 Å². The van der Waals surface area contributed by atoms with E-state index in [1.165, 1.54) is 22.3 Å². The predicted molar refractivity (Wildman–Crippen MR) is 111 cm³/mol. The molecule has 2 aromatic rings. The van der Waals surface area contributed by atoms with Crippen molar-refractivity contribution >= 4 is 12.1 Å². The summed E-state index contributed by atoms with van der Waals surface area (Å²) in [4.78, 5) is 23.5. The molecule has 0 bridgehead atoms. The third kappa shape index (κ3) is 4.29. The number of amides is 1. The Kier molecular flexibility index (Phi) is 5.84. The number of alkyl carbamates (subject to hydrolysis) is 1. The van der Waals surface area contributed by atoms with Crippen molar-refractivity contribution < 1.29 is 19.4 Å². The highest BCUT2D eigenvalue weighted by molar-refractivity contribution is 5.79. The number of carboxylic acid groups (broad SMARTS) is 1. The second-order valence-corrected chi connectivity index (χ2v) is 8.11. The van der Waals surface area contributed by atoms with E-state index in [2.05, 4.69) is 29.6 Å². The van der Waals surface area contributed by atoms with Crippen LogP contribution in [-0.4, -0.2) is 30.3 Å². The molecule has 0 radical (unpaired) electrons. The molecule has 1 amide bonds. The molecule has 2 N–H and O–H groups in total. The average molecular weight is 393 g/mol. The number of carbonyl (C=O) groups is 2. The van der Waals surface area contributed by atoms with Crippen LogP contribution in [0.3, 0.4) is 0 Å². The van der Waals surface area contributed by atoms with Gasteiger partial charge in [-0.2, -0.15) is 0 Å². The Balaban J connectivity index is 1.36. The Bertz CT molecular complexity index is 842. The number of carbonyl (C=O) groups excluding carboxylic acids is 1. The van der Waals surface area contributed by atoms with Crippen molar-refractivity contribution in [2.75, 3.05) is 13.2 Å². The zero-order valence-electron chi connectivity index (χ0n) is 16.5. The number of fused-ring (bicyclic) bond motifs is 3. The molecule has 1 atom stereocenters. The first-order valence-corrected chi connectivity index (χ1v) is 10.4. The summed E-state index contributed by atoms with van der Waals surface area (Å²) in [5, 5.41) is 12.0. The van der Waals surface area contributed by atoms with Crippen molar-refractivity contribution in [3.8, 4) is 11.1 Å². The van der Waals surface area contributed by atoms with E-state index in [1.54, 1.807) is 0 Å². The maximum Gasteiger partial charge on any atom is 0.407 e. The van der Waals surface area contributed by atoms with Crippen molar-refractivity contribution in [3.05, 3.63) is 59.7 Å². The summed E-state index contributed by atoms with van der Waals surface area (Å²) in [6.07, 6.45) is 4.00. The standard InChI is InChI=1S/C24H27NO4/c26-23(27)13-17(16-7-1-2-8-16)14-25-24(28)29-15-22-20-11-5-3-9-18(20)19-10-4-6-12-21(19)22/h3-6,9-12,16-17,22H,1-2,7-8,13-15H2,(H,25,28)(H,26,27). The molecule has 152 valence electrons. The molecule has 0 spiro atoms. The van der Waals surface area contributed by atoms with Gasteiger partial charge in [-0.25, -0.2) is 4.79 Å². The van der Waals surface area contributed by atoms with E-state index in [0.717, 1.165) is 25.7 Å². The third-order valence-electron chi connectivity index (χ3n) is 6.36. The van der Waals surface area contributed by atoms with Crippen LogP contribution in [0.5, 0.6) is 0 Å². The van der Waals surface area contributed by atoms with Gasteiger partial charge >= 0.3 is 12.1 Å². The average Bonchev–Trinajstić information content (AvgIpc) is 3.36. The smallest absolute Gasteiger partial charge is 0.407 e. The molecule has 1 saturated carbocycles. The molecule has 5 nitrogen and oxygen atoms in total. The number of rotatable bonds is 7. The molecular weight excluding hydrogens is 366 g/mol. The highest BCUT2D eigenvalue weighted by Gasteiger charge is 2.30. The largest absolute Gasteiger partial charge is 0.481 e. The molecule has 0 aromatic heterocycles. The number of nitrogens with one attached hydrogen (secondary N) is 1. The summed E-state index contributed by atoms with van der Waals surface area (Å²) in [6.45, 7) is 0.626. The SMILES string of the molecule is O=C(O)CC(CNC(=O)OCC1c2ccccc2-c2ccccc21)C1CCCC1. The maximum absolute atomic E-state index is 12.3. The van der Waals surface area contributed by atoms with Gasteiger partial charge in [-0.3, -0.25) is 4.79 Å². The van der Waals surface area contributed by atoms with Crippen LogP contribution in [0.4, 0.5) is 4.79 Å². The van der Waals surface area contributed by atoms with Crippen molar-refractivity contribution in [2.24, 2.45) is 11.8 Å². The Labute approximate surface area is 171 Å². The number of hydrogen-bond donors (Lipinski definition) is 2. The molecule has 0 saturated heterocycles. The molecule has 0 aliphatic heterocycles. The number of hydrogen-bond acceptors (Lipinski definition) is 3. The maximum atomic E-state index is 12.3. The van der Waals surface area contributed by atoms with E-state index in [9.17, 15) is 14.7 Å². The highest BCUT2D eigenvalue weighted by atomic mass is 16.5. The fraction of sp³-hybridized carbons (Fsp3) is 0.417. The van der Waals surface area contributed by atoms with Crippen LogP contribution in [-0.2, 0) is 9.53 Å². The lowest BCUT2D eigenvalue weighted by atomic mass is 9.88. The lowest BCUT2D eigenvalue weighted by molar-refractivity contribution is -0.138. The fourth-order valence-electron chi connectivity index (χ4n) is 4.92. The van der Waals surface area contributed by atoms with E-state index in [-0.39, 0.29) is 24.9 Å². The van der Waals surface area contributed by atoms with Gasteiger partial charge in [0.05, 0.1) is 6.42 Å². The first-order valence-electron chi connectivity index (χ1n) is 10.4. The van der Waals surface area contributed by atoms with Gasteiger partial charge in [0.25, 0.3) is 0 Å². The minimum atomic E-state index is -0.809. The summed E-state index contributed by atoms with van der Waals surface area (Å²) in [5.74, 6) is -0.440. The van der Waals surface area contributed by atoms with Gasteiger partial charge < -0.3 is 15.2 Å². The zero-order chi connectivity index (χ0) is 20.2. The molecular formula is C24H27NO4. The monoisotopic (exact) mass is 393 g/mol. The molecule has 1 unspecified atom stereocenters. The Morgan fingerprint density at radius 1 is 1.00 bits per heavy atom. The van der Waals surface area contributed by atoms with Crippen molar-refractivity contribution in [1.82, 2.24) is 5.32 Å². The van der Waals surface area contributed by atoms with Gasteiger partial charge in [-0.15, -0.1) is 0 Å². The van der Waals surface area contributed by atoms with Crippen molar-refractivity contribution in [1.29, 1.82) is 0 Å². The normalized spacial score (nSPS) is 16.8. The second-order valence-electron chi connectivity index (χ2n) is 8.11. The number of aliphatic carboxylic acids is 1. The summed E-state index contributed by atoms with van der Waals surface area (Å²) >= 11 is 0. The molecule has 2 aliphatic carbocycles. The van der Waals surface area contributed by atoms with E-state index < -0.39 is 12.1 Å². The van der Waals surface area contributed by atoms with Crippen molar-refractivity contribution in [3.63, 3.8) is 0 Å². The first kappa shape index (κ1) is 19.5. The predicted octanol–water partition coefficient (Wildman–Crippen LogP) is 4.81. The molecule has 1 fully saturated rings. The summed E-state index contributed by atoms with van der Waals surface area (Å²) < 4.78 is 5.56. The summed E-state index contributed by atoms with van der Waals surface area (Å²) in [5.41, 5.74) is 4.74. The second kappa shape index (κ2) is 8.68. The summed E-state index contributed by atoms with van der Waals surface area (Å²) in [6, 6.07) is 16.5. The molecule has 0 heterocycles. The van der Waals surface area contributed by atoms with Gasteiger partial charge in [-0.1, -0.05) is 74.2 Å². The van der Waals surface area contributed by atoms with E-state index in [0.29, 0.717) is 12.5 Å². The van der Waals surface area contributed by atoms with Crippen LogP contribution in [0.15, 0.2) is 48.5 Å². The molecule has 5 heteroatoms. The molecule has 2 aliphatic rings. The Morgan fingerprint density at radius 2 is 1.59 bits per heavy atom. The van der Waals surface area contributed by atoms with E-state index >= 15 is 0 Å². The van der Waals surface area contributed by atoms with Gasteiger partial charge in [0.1, 0.15) is 6.61 Å². The minimum Gasteiger partial charge on any atom is -0.481 e. The first-order chi connectivity index (χ1) is 14.1. The van der Waals surface area contributed by atoms with E-state index in [1.807, 2.05) is 24.3 Å². The van der Waals surface area contributed by atoms with Gasteiger partial charge in [0, 0.05) is 12.5 Å².